The number of methoxy groups -OCH3 is 1. The van der Waals surface area contributed by atoms with E-state index in [1.807, 2.05) is 0 Å². The van der Waals surface area contributed by atoms with Crippen LogP contribution >= 0.6 is 0 Å². The van der Waals surface area contributed by atoms with Crippen LogP contribution in [0, 0.1) is 0 Å². The summed E-state index contributed by atoms with van der Waals surface area (Å²) in [7, 11) is -1.71. The first-order valence-electron chi connectivity index (χ1n) is 6.20. The van der Waals surface area contributed by atoms with E-state index in [1.54, 1.807) is 0 Å². The largest absolute Gasteiger partial charge is 0.469 e. The molecule has 1 fully saturated rings. The topological polar surface area (TPSA) is 102 Å². The Labute approximate surface area is 113 Å². The maximum absolute atomic E-state index is 11.6. The minimum absolute atomic E-state index is 0.00256. The van der Waals surface area contributed by atoms with E-state index in [0.717, 1.165) is 0 Å². The van der Waals surface area contributed by atoms with Gasteiger partial charge in [-0.2, -0.15) is 0 Å². The molecule has 0 aromatic rings. The van der Waals surface area contributed by atoms with Crippen LogP contribution in [0.4, 0.5) is 0 Å². The second kappa shape index (κ2) is 7.44. The maximum atomic E-state index is 11.6. The van der Waals surface area contributed by atoms with Gasteiger partial charge in [0.25, 0.3) is 0 Å². The van der Waals surface area contributed by atoms with Crippen molar-refractivity contribution in [1.29, 1.82) is 0 Å². The van der Waals surface area contributed by atoms with Crippen molar-refractivity contribution in [3.8, 4) is 0 Å². The molecule has 1 saturated heterocycles. The van der Waals surface area contributed by atoms with Gasteiger partial charge < -0.3 is 15.4 Å². The van der Waals surface area contributed by atoms with Crippen molar-refractivity contribution < 1.29 is 22.7 Å². The zero-order chi connectivity index (χ0) is 14.3. The van der Waals surface area contributed by atoms with Crippen molar-refractivity contribution >= 4 is 21.7 Å². The summed E-state index contributed by atoms with van der Waals surface area (Å²) >= 11 is 0. The molecular formula is C11H20N2O5S. The number of sulfone groups is 1. The van der Waals surface area contributed by atoms with E-state index in [4.69, 9.17) is 0 Å². The number of esters is 1. The molecule has 19 heavy (non-hydrogen) atoms. The van der Waals surface area contributed by atoms with Crippen molar-refractivity contribution in [2.45, 2.75) is 25.3 Å². The van der Waals surface area contributed by atoms with Crippen LogP contribution < -0.4 is 10.6 Å². The second-order valence-electron chi connectivity index (χ2n) is 4.50. The number of nitrogens with one attached hydrogen (secondary N) is 2. The lowest BCUT2D eigenvalue weighted by molar-refractivity contribution is -0.140. The molecule has 2 N–H and O–H groups in total. The summed E-state index contributed by atoms with van der Waals surface area (Å²) in [4.78, 5) is 22.4. The second-order valence-corrected chi connectivity index (χ2v) is 6.73. The van der Waals surface area contributed by atoms with Crippen molar-refractivity contribution in [2.75, 3.05) is 31.7 Å². The predicted molar refractivity (Wildman–Crippen MR) is 69.3 cm³/mol. The monoisotopic (exact) mass is 292 g/mol. The zero-order valence-electron chi connectivity index (χ0n) is 11.0. The van der Waals surface area contributed by atoms with Crippen LogP contribution in [0.25, 0.3) is 0 Å². The third kappa shape index (κ3) is 6.53. The van der Waals surface area contributed by atoms with Gasteiger partial charge in [-0.05, 0) is 6.42 Å². The molecule has 1 atom stereocenters. The molecule has 0 aromatic heterocycles. The number of carbonyl (C=O) groups excluding carboxylic acids is 2. The Hall–Kier alpha value is -1.15. The number of rotatable bonds is 6. The molecule has 1 aliphatic rings. The fourth-order valence-electron chi connectivity index (χ4n) is 1.86. The van der Waals surface area contributed by atoms with E-state index in [1.165, 1.54) is 7.11 Å². The van der Waals surface area contributed by atoms with Gasteiger partial charge in [0.1, 0.15) is 0 Å². The van der Waals surface area contributed by atoms with Gasteiger partial charge in [-0.25, -0.2) is 8.42 Å². The summed E-state index contributed by atoms with van der Waals surface area (Å²) < 4.78 is 27.2. The highest BCUT2D eigenvalue weighted by Crippen LogP contribution is 2.04. The third-order valence-electron chi connectivity index (χ3n) is 2.84. The summed E-state index contributed by atoms with van der Waals surface area (Å²) in [6.45, 7) is 0.774. The first-order chi connectivity index (χ1) is 8.93. The van der Waals surface area contributed by atoms with E-state index in [9.17, 15) is 18.0 Å². The van der Waals surface area contributed by atoms with Gasteiger partial charge in [-0.15, -0.1) is 0 Å². The minimum Gasteiger partial charge on any atom is -0.469 e. The fourth-order valence-corrected chi connectivity index (χ4v) is 3.30. The first kappa shape index (κ1) is 15.9. The average molecular weight is 292 g/mol. The molecule has 0 bridgehead atoms. The SMILES string of the molecule is COC(=O)CCCNC(=O)CC1CS(=O)(=O)CCN1. The van der Waals surface area contributed by atoms with Gasteiger partial charge in [0.15, 0.2) is 9.84 Å². The number of carbonyl (C=O) groups is 2. The Kier molecular flexibility index (Phi) is 6.23. The van der Waals surface area contributed by atoms with Crippen LogP contribution in [0.1, 0.15) is 19.3 Å². The molecule has 1 rings (SSSR count). The van der Waals surface area contributed by atoms with Crippen LogP contribution in [0.15, 0.2) is 0 Å². The van der Waals surface area contributed by atoms with Gasteiger partial charge in [0, 0.05) is 32.0 Å². The summed E-state index contributed by atoms with van der Waals surface area (Å²) in [6, 6.07) is -0.320. The molecule has 0 saturated carbocycles. The number of hydrogen-bond acceptors (Lipinski definition) is 6. The van der Waals surface area contributed by atoms with Gasteiger partial charge in [0.05, 0.1) is 18.6 Å². The van der Waals surface area contributed by atoms with Crippen LogP contribution in [0.2, 0.25) is 0 Å². The van der Waals surface area contributed by atoms with Crippen molar-refractivity contribution in [2.24, 2.45) is 0 Å². The van der Waals surface area contributed by atoms with E-state index < -0.39 is 9.84 Å². The van der Waals surface area contributed by atoms with Crippen molar-refractivity contribution in [3.63, 3.8) is 0 Å². The highest BCUT2D eigenvalue weighted by molar-refractivity contribution is 7.91. The highest BCUT2D eigenvalue weighted by Gasteiger charge is 2.25. The molecule has 1 heterocycles. The Balaban J connectivity index is 2.19. The number of amides is 1. The standard InChI is InChI=1S/C11H20N2O5S/c1-18-11(15)3-2-4-13-10(14)7-9-8-19(16,17)6-5-12-9/h9,12H,2-8H2,1H3,(H,13,14). The van der Waals surface area contributed by atoms with Crippen molar-refractivity contribution in [3.05, 3.63) is 0 Å². The smallest absolute Gasteiger partial charge is 0.305 e. The lowest BCUT2D eigenvalue weighted by Gasteiger charge is -2.23. The molecule has 1 aliphatic heterocycles. The van der Waals surface area contributed by atoms with E-state index in [-0.39, 0.29) is 42.3 Å². The van der Waals surface area contributed by atoms with Crippen LogP contribution in [-0.4, -0.2) is 58.0 Å². The first-order valence-corrected chi connectivity index (χ1v) is 8.02. The minimum atomic E-state index is -3.02. The highest BCUT2D eigenvalue weighted by atomic mass is 32.2. The molecule has 1 unspecified atom stereocenters. The molecule has 0 aliphatic carbocycles. The van der Waals surface area contributed by atoms with Gasteiger partial charge in [-0.3, -0.25) is 9.59 Å². The van der Waals surface area contributed by atoms with Crippen LogP contribution in [0.5, 0.6) is 0 Å². The van der Waals surface area contributed by atoms with E-state index in [2.05, 4.69) is 15.4 Å². The van der Waals surface area contributed by atoms with Gasteiger partial charge in [-0.1, -0.05) is 0 Å². The summed E-state index contributed by atoms with van der Waals surface area (Å²) in [5, 5.41) is 5.66. The molecule has 7 nitrogen and oxygen atoms in total. The summed E-state index contributed by atoms with van der Waals surface area (Å²) in [5.41, 5.74) is 0. The molecule has 1 amide bonds. The lowest BCUT2D eigenvalue weighted by Crippen LogP contribution is -2.47. The van der Waals surface area contributed by atoms with Gasteiger partial charge in [0.2, 0.25) is 5.91 Å². The Bertz CT molecular complexity index is 421. The number of hydrogen-bond donors (Lipinski definition) is 2. The quantitative estimate of drug-likeness (QED) is 0.472. The zero-order valence-corrected chi connectivity index (χ0v) is 11.8. The normalized spacial score (nSPS) is 21.6. The Morgan fingerprint density at radius 1 is 1.42 bits per heavy atom. The van der Waals surface area contributed by atoms with Crippen LogP contribution in [0.3, 0.4) is 0 Å². The molecule has 110 valence electrons. The third-order valence-corrected chi connectivity index (χ3v) is 4.58. The average Bonchev–Trinajstić information content (AvgIpc) is 2.33. The predicted octanol–water partition coefficient (Wildman–Crippen LogP) is -1.17. The molecule has 0 radical (unpaired) electrons. The maximum Gasteiger partial charge on any atom is 0.305 e. The van der Waals surface area contributed by atoms with Crippen LogP contribution in [-0.2, 0) is 24.2 Å². The number of ether oxygens (including phenoxy) is 1. The molecule has 0 aromatic carbocycles. The molecular weight excluding hydrogens is 272 g/mol. The lowest BCUT2D eigenvalue weighted by atomic mass is 10.2. The molecule has 8 heteroatoms. The van der Waals surface area contributed by atoms with E-state index in [0.29, 0.717) is 19.5 Å². The Morgan fingerprint density at radius 3 is 2.79 bits per heavy atom. The van der Waals surface area contributed by atoms with Gasteiger partial charge >= 0.3 is 5.97 Å². The van der Waals surface area contributed by atoms with E-state index >= 15 is 0 Å². The fraction of sp³-hybridized carbons (Fsp3) is 0.818. The van der Waals surface area contributed by atoms with Crippen molar-refractivity contribution in [1.82, 2.24) is 10.6 Å². The Morgan fingerprint density at radius 2 is 2.16 bits per heavy atom. The summed E-state index contributed by atoms with van der Waals surface area (Å²) in [5.74, 6) is -0.388. The summed E-state index contributed by atoms with van der Waals surface area (Å²) in [6.07, 6.45) is 0.902. The molecule has 0 spiro atoms.